The quantitative estimate of drug-likeness (QED) is 0.729. The zero-order valence-electron chi connectivity index (χ0n) is 13.2. The van der Waals surface area contributed by atoms with Crippen molar-refractivity contribution < 1.29 is 4.42 Å². The summed E-state index contributed by atoms with van der Waals surface area (Å²) in [6, 6.07) is 10.7. The highest BCUT2D eigenvalue weighted by Gasteiger charge is 2.13. The zero-order valence-corrected chi connectivity index (χ0v) is 14.0. The van der Waals surface area contributed by atoms with Crippen LogP contribution in [0.5, 0.6) is 0 Å². The third-order valence-electron chi connectivity index (χ3n) is 4.61. The van der Waals surface area contributed by atoms with Gasteiger partial charge in [0.1, 0.15) is 11.5 Å². The SMILES string of the molecule is Cc1c(Cl)cccc1-c1ccc(CNC2CCCCCC2)o1. The van der Waals surface area contributed by atoms with Crippen LogP contribution in [0.4, 0.5) is 0 Å². The maximum Gasteiger partial charge on any atom is 0.134 e. The number of hydrogen-bond donors (Lipinski definition) is 1. The second-order valence-electron chi connectivity index (χ2n) is 6.25. The Morgan fingerprint density at radius 1 is 1.09 bits per heavy atom. The van der Waals surface area contributed by atoms with Crippen LogP contribution in [0, 0.1) is 6.92 Å². The van der Waals surface area contributed by atoms with Gasteiger partial charge >= 0.3 is 0 Å². The Hall–Kier alpha value is -1.25. The predicted molar refractivity (Wildman–Crippen MR) is 92.2 cm³/mol. The van der Waals surface area contributed by atoms with Crippen LogP contribution < -0.4 is 5.32 Å². The molecule has 118 valence electrons. The first-order valence-electron chi connectivity index (χ1n) is 8.31. The summed E-state index contributed by atoms with van der Waals surface area (Å²) < 4.78 is 6.01. The van der Waals surface area contributed by atoms with E-state index in [0.717, 1.165) is 34.2 Å². The van der Waals surface area contributed by atoms with Crippen molar-refractivity contribution in [3.63, 3.8) is 0 Å². The molecule has 0 atom stereocenters. The van der Waals surface area contributed by atoms with Crippen LogP contribution >= 0.6 is 11.6 Å². The van der Waals surface area contributed by atoms with E-state index < -0.39 is 0 Å². The van der Waals surface area contributed by atoms with Crippen LogP contribution in [0.25, 0.3) is 11.3 Å². The summed E-state index contributed by atoms with van der Waals surface area (Å²) in [5, 5.41) is 4.43. The molecule has 0 unspecified atom stereocenters. The Kier molecular flexibility index (Phi) is 5.22. The van der Waals surface area contributed by atoms with Gasteiger partial charge in [0, 0.05) is 16.6 Å². The van der Waals surface area contributed by atoms with Crippen LogP contribution in [-0.2, 0) is 6.54 Å². The summed E-state index contributed by atoms with van der Waals surface area (Å²) in [6.07, 6.45) is 8.06. The monoisotopic (exact) mass is 317 g/mol. The summed E-state index contributed by atoms with van der Waals surface area (Å²) in [5.41, 5.74) is 2.15. The van der Waals surface area contributed by atoms with Crippen molar-refractivity contribution in [1.29, 1.82) is 0 Å². The minimum absolute atomic E-state index is 0.643. The molecule has 0 amide bonds. The summed E-state index contributed by atoms with van der Waals surface area (Å²) in [6.45, 7) is 2.84. The van der Waals surface area contributed by atoms with Crippen LogP contribution in [0.1, 0.15) is 49.8 Å². The van der Waals surface area contributed by atoms with Crippen molar-refractivity contribution in [1.82, 2.24) is 5.32 Å². The molecule has 2 nitrogen and oxygen atoms in total. The molecular weight excluding hydrogens is 294 g/mol. The molecule has 1 fully saturated rings. The molecule has 0 radical (unpaired) electrons. The van der Waals surface area contributed by atoms with Gasteiger partial charge in [-0.1, -0.05) is 49.4 Å². The normalized spacial score (nSPS) is 16.6. The van der Waals surface area contributed by atoms with Gasteiger partial charge in [0.15, 0.2) is 0 Å². The number of benzene rings is 1. The molecule has 1 aliphatic carbocycles. The van der Waals surface area contributed by atoms with Crippen molar-refractivity contribution in [2.45, 2.75) is 58.0 Å². The van der Waals surface area contributed by atoms with Gasteiger partial charge in [0.25, 0.3) is 0 Å². The summed E-state index contributed by atoms with van der Waals surface area (Å²) in [7, 11) is 0. The van der Waals surface area contributed by atoms with Gasteiger partial charge in [-0.05, 0) is 43.5 Å². The van der Waals surface area contributed by atoms with Crippen LogP contribution in [-0.4, -0.2) is 6.04 Å². The third kappa shape index (κ3) is 3.74. The fourth-order valence-electron chi connectivity index (χ4n) is 3.22. The average molecular weight is 318 g/mol. The molecule has 1 N–H and O–H groups in total. The second-order valence-corrected chi connectivity index (χ2v) is 6.65. The van der Waals surface area contributed by atoms with Gasteiger partial charge < -0.3 is 9.73 Å². The highest BCUT2D eigenvalue weighted by atomic mass is 35.5. The molecule has 3 heteroatoms. The van der Waals surface area contributed by atoms with Gasteiger partial charge in [-0.2, -0.15) is 0 Å². The number of halogens is 1. The fourth-order valence-corrected chi connectivity index (χ4v) is 3.40. The van der Waals surface area contributed by atoms with Crippen molar-refractivity contribution in [3.8, 4) is 11.3 Å². The Balaban J connectivity index is 1.65. The average Bonchev–Trinajstić information content (AvgIpc) is 2.83. The summed E-state index contributed by atoms with van der Waals surface area (Å²) in [5.74, 6) is 1.90. The molecule has 1 saturated carbocycles. The molecule has 0 bridgehead atoms. The van der Waals surface area contributed by atoms with Crippen LogP contribution in [0.15, 0.2) is 34.7 Å². The van der Waals surface area contributed by atoms with E-state index in [1.54, 1.807) is 0 Å². The predicted octanol–water partition coefficient (Wildman–Crippen LogP) is 5.72. The van der Waals surface area contributed by atoms with Crippen molar-refractivity contribution >= 4 is 11.6 Å². The van der Waals surface area contributed by atoms with E-state index in [-0.39, 0.29) is 0 Å². The fraction of sp³-hybridized carbons (Fsp3) is 0.474. The molecule has 22 heavy (non-hydrogen) atoms. The molecule has 0 saturated heterocycles. The van der Waals surface area contributed by atoms with E-state index in [4.69, 9.17) is 16.0 Å². The number of furan rings is 1. The molecular formula is C19H24ClNO. The van der Waals surface area contributed by atoms with E-state index in [1.807, 2.05) is 25.1 Å². The van der Waals surface area contributed by atoms with Gasteiger partial charge in [-0.15, -0.1) is 0 Å². The van der Waals surface area contributed by atoms with Gasteiger partial charge in [0.05, 0.1) is 6.54 Å². The lowest BCUT2D eigenvalue weighted by molar-refractivity contribution is 0.420. The number of rotatable bonds is 4. The summed E-state index contributed by atoms with van der Waals surface area (Å²) >= 11 is 6.19. The van der Waals surface area contributed by atoms with Crippen LogP contribution in [0.3, 0.4) is 0 Å². The second kappa shape index (κ2) is 7.34. The zero-order chi connectivity index (χ0) is 15.4. The Morgan fingerprint density at radius 3 is 2.64 bits per heavy atom. The van der Waals surface area contributed by atoms with Crippen LogP contribution in [0.2, 0.25) is 5.02 Å². The third-order valence-corrected chi connectivity index (χ3v) is 5.02. The molecule has 2 aromatic rings. The molecule has 0 aliphatic heterocycles. The van der Waals surface area contributed by atoms with Crippen molar-refractivity contribution in [2.24, 2.45) is 0 Å². The first kappa shape index (κ1) is 15.6. The molecule has 3 rings (SSSR count). The molecule has 1 aromatic carbocycles. The highest BCUT2D eigenvalue weighted by molar-refractivity contribution is 6.31. The Morgan fingerprint density at radius 2 is 1.86 bits per heavy atom. The van der Waals surface area contributed by atoms with Gasteiger partial charge in [-0.25, -0.2) is 0 Å². The van der Waals surface area contributed by atoms with Crippen molar-refractivity contribution in [2.75, 3.05) is 0 Å². The first-order valence-corrected chi connectivity index (χ1v) is 8.69. The van der Waals surface area contributed by atoms with E-state index >= 15 is 0 Å². The lowest BCUT2D eigenvalue weighted by Gasteiger charge is -2.15. The number of nitrogens with one attached hydrogen (secondary N) is 1. The number of hydrogen-bond acceptors (Lipinski definition) is 2. The lowest BCUT2D eigenvalue weighted by atomic mass is 10.1. The maximum absolute atomic E-state index is 6.19. The Bertz CT molecular complexity index is 612. The van der Waals surface area contributed by atoms with E-state index in [1.165, 1.54) is 38.5 Å². The summed E-state index contributed by atoms with van der Waals surface area (Å²) in [4.78, 5) is 0. The van der Waals surface area contributed by atoms with E-state index in [2.05, 4.69) is 17.4 Å². The van der Waals surface area contributed by atoms with Crippen molar-refractivity contribution in [3.05, 3.63) is 46.7 Å². The largest absolute Gasteiger partial charge is 0.460 e. The lowest BCUT2D eigenvalue weighted by Crippen LogP contribution is -2.27. The Labute approximate surface area is 137 Å². The minimum atomic E-state index is 0.643. The van der Waals surface area contributed by atoms with E-state index in [9.17, 15) is 0 Å². The standard InChI is InChI=1S/C19H24ClNO/c1-14-17(9-6-10-18(14)20)19-12-11-16(22-19)13-21-15-7-4-2-3-5-8-15/h6,9-12,15,21H,2-5,7-8,13H2,1H3. The molecule has 1 aromatic heterocycles. The maximum atomic E-state index is 6.19. The van der Waals surface area contributed by atoms with Gasteiger partial charge in [0.2, 0.25) is 0 Å². The molecule has 1 aliphatic rings. The minimum Gasteiger partial charge on any atom is -0.460 e. The first-order chi connectivity index (χ1) is 10.7. The molecule has 0 spiro atoms. The molecule has 1 heterocycles. The smallest absolute Gasteiger partial charge is 0.134 e. The topological polar surface area (TPSA) is 25.2 Å². The van der Waals surface area contributed by atoms with E-state index in [0.29, 0.717) is 6.04 Å². The van der Waals surface area contributed by atoms with Gasteiger partial charge in [-0.3, -0.25) is 0 Å². The highest BCUT2D eigenvalue weighted by Crippen LogP contribution is 2.29.